The second-order valence-corrected chi connectivity index (χ2v) is 6.35. The van der Waals surface area contributed by atoms with E-state index in [1.54, 1.807) is 4.90 Å². The molecule has 0 saturated heterocycles. The Morgan fingerprint density at radius 3 is 2.54 bits per heavy atom. The maximum Gasteiger partial charge on any atom is 0.317 e. The highest BCUT2D eigenvalue weighted by atomic mass is 16.5. The molecular weight excluding hydrogens is 306 g/mol. The molecule has 130 valence electrons. The van der Waals surface area contributed by atoms with Crippen LogP contribution < -0.4 is 4.90 Å². The molecule has 1 heterocycles. The first-order chi connectivity index (χ1) is 11.4. The van der Waals surface area contributed by atoms with Crippen LogP contribution in [0.15, 0.2) is 29.8 Å². The number of para-hydroxylation sites is 1. The number of amides is 1. The topological polar surface area (TPSA) is 55.8 Å². The summed E-state index contributed by atoms with van der Waals surface area (Å²) in [7, 11) is 1.38. The predicted molar refractivity (Wildman–Crippen MR) is 93.0 cm³/mol. The predicted octanol–water partition coefficient (Wildman–Crippen LogP) is 2.79. The number of benzene rings is 1. The zero-order chi connectivity index (χ0) is 17.7. The Labute approximate surface area is 143 Å². The fourth-order valence-corrected chi connectivity index (χ4v) is 3.32. The Balaban J connectivity index is 2.42. The van der Waals surface area contributed by atoms with Gasteiger partial charge in [0.25, 0.3) is 0 Å². The molecule has 1 unspecified atom stereocenters. The largest absolute Gasteiger partial charge is 0.468 e. The van der Waals surface area contributed by atoms with E-state index < -0.39 is 5.41 Å². The van der Waals surface area contributed by atoms with Crippen molar-refractivity contribution in [2.45, 2.75) is 27.2 Å². The van der Waals surface area contributed by atoms with E-state index in [2.05, 4.69) is 0 Å². The van der Waals surface area contributed by atoms with Crippen molar-refractivity contribution in [3.05, 3.63) is 41.0 Å². The summed E-state index contributed by atoms with van der Waals surface area (Å²) < 4.78 is 10.4. The summed E-state index contributed by atoms with van der Waals surface area (Å²) in [5.74, 6) is -0.339. The van der Waals surface area contributed by atoms with Gasteiger partial charge in [-0.1, -0.05) is 29.8 Å². The van der Waals surface area contributed by atoms with Crippen LogP contribution >= 0.6 is 0 Å². The molecule has 5 nitrogen and oxygen atoms in total. The van der Waals surface area contributed by atoms with Gasteiger partial charge < -0.3 is 14.4 Å². The lowest BCUT2D eigenvalue weighted by Gasteiger charge is -2.36. The Hall–Kier alpha value is -2.14. The average molecular weight is 331 g/mol. The van der Waals surface area contributed by atoms with Gasteiger partial charge in [-0.05, 0) is 38.3 Å². The standard InChI is InChI=1S/C19H25NO4/c1-14-6-5-7-15(2)17(14)20(13-21)12-19(3,18(22)23-4)16-8-10-24-11-9-16/h5-8,13H,9-12H2,1-4H3. The van der Waals surface area contributed by atoms with Crippen molar-refractivity contribution >= 4 is 18.1 Å². The number of carbonyl (C=O) groups is 2. The molecule has 1 aliphatic rings. The van der Waals surface area contributed by atoms with E-state index >= 15 is 0 Å². The highest BCUT2D eigenvalue weighted by Crippen LogP contribution is 2.36. The van der Waals surface area contributed by atoms with Gasteiger partial charge in [-0.2, -0.15) is 0 Å². The monoisotopic (exact) mass is 331 g/mol. The summed E-state index contributed by atoms with van der Waals surface area (Å²) in [6, 6.07) is 5.88. The molecule has 1 amide bonds. The van der Waals surface area contributed by atoms with E-state index in [1.807, 2.05) is 45.0 Å². The second-order valence-electron chi connectivity index (χ2n) is 6.35. The third kappa shape index (κ3) is 3.51. The van der Waals surface area contributed by atoms with Gasteiger partial charge in [0.15, 0.2) is 0 Å². The molecule has 0 saturated carbocycles. The van der Waals surface area contributed by atoms with Gasteiger partial charge in [-0.3, -0.25) is 9.59 Å². The summed E-state index contributed by atoms with van der Waals surface area (Å²) in [4.78, 5) is 26.0. The van der Waals surface area contributed by atoms with E-state index in [1.165, 1.54) is 7.11 Å². The first kappa shape index (κ1) is 18.2. The molecule has 24 heavy (non-hydrogen) atoms. The Bertz CT molecular complexity index is 633. The lowest BCUT2D eigenvalue weighted by molar-refractivity contribution is -0.149. The number of hydrogen-bond donors (Lipinski definition) is 0. The Morgan fingerprint density at radius 2 is 2.04 bits per heavy atom. The molecule has 5 heteroatoms. The lowest BCUT2D eigenvalue weighted by Crippen LogP contribution is -2.44. The van der Waals surface area contributed by atoms with Crippen LogP contribution in [-0.2, 0) is 19.1 Å². The summed E-state index contributed by atoms with van der Waals surface area (Å²) in [6.07, 6.45) is 3.37. The molecule has 0 bridgehead atoms. The molecule has 0 aliphatic carbocycles. The van der Waals surface area contributed by atoms with Crippen LogP contribution in [-0.4, -0.2) is 39.2 Å². The van der Waals surface area contributed by atoms with Crippen molar-refractivity contribution in [2.24, 2.45) is 5.41 Å². The lowest BCUT2D eigenvalue weighted by atomic mass is 9.79. The SMILES string of the molecule is COC(=O)C(C)(CN(C=O)c1c(C)cccc1C)C1=CCOCC1. The van der Waals surface area contributed by atoms with Crippen molar-refractivity contribution in [3.63, 3.8) is 0 Å². The number of anilines is 1. The van der Waals surface area contributed by atoms with Gasteiger partial charge in [-0.25, -0.2) is 0 Å². The van der Waals surface area contributed by atoms with Gasteiger partial charge in [0, 0.05) is 12.2 Å². The molecule has 0 N–H and O–H groups in total. The van der Waals surface area contributed by atoms with Crippen molar-refractivity contribution in [3.8, 4) is 0 Å². The molecule has 0 fully saturated rings. The van der Waals surface area contributed by atoms with E-state index in [-0.39, 0.29) is 12.5 Å². The fourth-order valence-electron chi connectivity index (χ4n) is 3.32. The average Bonchev–Trinajstić information content (AvgIpc) is 2.60. The Kier molecular flexibility index (Phi) is 5.78. The molecule has 1 aromatic carbocycles. The third-order valence-corrected chi connectivity index (χ3v) is 4.65. The van der Waals surface area contributed by atoms with Crippen LogP contribution in [0.4, 0.5) is 5.69 Å². The molecule has 0 spiro atoms. The number of hydrogen-bond acceptors (Lipinski definition) is 4. The molecule has 1 aromatic rings. The van der Waals surface area contributed by atoms with Crippen molar-refractivity contribution in [1.29, 1.82) is 0 Å². The van der Waals surface area contributed by atoms with Gasteiger partial charge >= 0.3 is 5.97 Å². The van der Waals surface area contributed by atoms with Gasteiger partial charge in [0.2, 0.25) is 6.41 Å². The van der Waals surface area contributed by atoms with E-state index in [4.69, 9.17) is 9.47 Å². The van der Waals surface area contributed by atoms with E-state index in [0.29, 0.717) is 19.6 Å². The van der Waals surface area contributed by atoms with Crippen LogP contribution in [0.1, 0.15) is 24.5 Å². The summed E-state index contributed by atoms with van der Waals surface area (Å²) >= 11 is 0. The second kappa shape index (κ2) is 7.62. The maximum absolute atomic E-state index is 12.5. The van der Waals surface area contributed by atoms with E-state index in [0.717, 1.165) is 28.8 Å². The number of nitrogens with zero attached hydrogens (tertiary/aromatic N) is 1. The highest BCUT2D eigenvalue weighted by molar-refractivity contribution is 5.85. The smallest absolute Gasteiger partial charge is 0.317 e. The minimum Gasteiger partial charge on any atom is -0.468 e. The molecule has 0 radical (unpaired) electrons. The Morgan fingerprint density at radius 1 is 1.38 bits per heavy atom. The fraction of sp³-hybridized carbons (Fsp3) is 0.474. The van der Waals surface area contributed by atoms with Gasteiger partial charge in [0.05, 0.1) is 20.3 Å². The number of carbonyl (C=O) groups excluding carboxylic acids is 2. The van der Waals surface area contributed by atoms with Crippen LogP contribution in [0, 0.1) is 19.3 Å². The minimum absolute atomic E-state index is 0.237. The van der Waals surface area contributed by atoms with Crippen LogP contribution in [0.3, 0.4) is 0 Å². The molecule has 2 rings (SSSR count). The molecular formula is C19H25NO4. The summed E-state index contributed by atoms with van der Waals surface area (Å²) in [6.45, 7) is 7.04. The van der Waals surface area contributed by atoms with Crippen molar-refractivity contribution in [1.82, 2.24) is 0 Å². The highest BCUT2D eigenvalue weighted by Gasteiger charge is 2.40. The molecule has 1 aliphatic heterocycles. The van der Waals surface area contributed by atoms with Crippen LogP contribution in [0.5, 0.6) is 0 Å². The number of esters is 1. The zero-order valence-corrected chi connectivity index (χ0v) is 14.8. The van der Waals surface area contributed by atoms with Gasteiger partial charge in [0.1, 0.15) is 5.41 Å². The third-order valence-electron chi connectivity index (χ3n) is 4.65. The molecule has 1 atom stereocenters. The first-order valence-electron chi connectivity index (χ1n) is 8.08. The maximum atomic E-state index is 12.5. The zero-order valence-electron chi connectivity index (χ0n) is 14.8. The van der Waals surface area contributed by atoms with E-state index in [9.17, 15) is 9.59 Å². The summed E-state index contributed by atoms with van der Waals surface area (Å²) in [5, 5.41) is 0. The number of rotatable bonds is 6. The van der Waals surface area contributed by atoms with Crippen LogP contribution in [0.2, 0.25) is 0 Å². The molecule has 0 aromatic heterocycles. The quantitative estimate of drug-likeness (QED) is 0.457. The summed E-state index contributed by atoms with van der Waals surface area (Å²) in [5.41, 5.74) is 2.90. The normalized spacial score (nSPS) is 16.8. The first-order valence-corrected chi connectivity index (χ1v) is 8.08. The number of methoxy groups -OCH3 is 1. The van der Waals surface area contributed by atoms with Crippen LogP contribution in [0.25, 0.3) is 0 Å². The van der Waals surface area contributed by atoms with Crippen molar-refractivity contribution in [2.75, 3.05) is 31.8 Å². The number of ether oxygens (including phenoxy) is 2. The number of aryl methyl sites for hydroxylation is 2. The minimum atomic E-state index is -0.895. The van der Waals surface area contributed by atoms with Crippen molar-refractivity contribution < 1.29 is 19.1 Å². The van der Waals surface area contributed by atoms with Gasteiger partial charge in [-0.15, -0.1) is 0 Å².